The van der Waals surface area contributed by atoms with Crippen LogP contribution in [0.15, 0.2) is 23.1 Å². The highest BCUT2D eigenvalue weighted by Crippen LogP contribution is 2.25. The topological polar surface area (TPSA) is 89.6 Å². The molecule has 1 aromatic carbocycles. The van der Waals surface area contributed by atoms with Gasteiger partial charge in [-0.1, -0.05) is 0 Å². The molecule has 0 aliphatic rings. The Morgan fingerprint density at radius 1 is 1.50 bits per heavy atom. The Balaban J connectivity index is 2.88. The Kier molecular flexibility index (Phi) is 4.19. The molecule has 16 heavy (non-hydrogen) atoms. The van der Waals surface area contributed by atoms with Gasteiger partial charge in [0.05, 0.1) is 18.4 Å². The number of aromatic carboxylic acids is 1. The van der Waals surface area contributed by atoms with Crippen molar-refractivity contribution < 1.29 is 19.4 Å². The van der Waals surface area contributed by atoms with Gasteiger partial charge in [0.1, 0.15) is 0 Å². The molecule has 0 aromatic heterocycles. The number of carbonyl (C=O) groups excluding carboxylic acids is 1. The maximum atomic E-state index is 10.9. The van der Waals surface area contributed by atoms with E-state index in [9.17, 15) is 9.59 Å². The van der Waals surface area contributed by atoms with Crippen LogP contribution in [0.5, 0.6) is 0 Å². The van der Waals surface area contributed by atoms with Crippen molar-refractivity contribution in [3.05, 3.63) is 23.8 Å². The second-order valence-electron chi connectivity index (χ2n) is 2.93. The van der Waals surface area contributed by atoms with Crippen molar-refractivity contribution in [2.45, 2.75) is 4.90 Å². The number of thioether (sulfide) groups is 1. The average Bonchev–Trinajstić information content (AvgIpc) is 2.25. The van der Waals surface area contributed by atoms with Gasteiger partial charge in [0.2, 0.25) is 0 Å². The maximum absolute atomic E-state index is 10.9. The summed E-state index contributed by atoms with van der Waals surface area (Å²) in [5.41, 5.74) is 6.13. The molecule has 0 saturated heterocycles. The molecule has 6 heteroatoms. The molecule has 0 atom stereocenters. The molecule has 1 aromatic rings. The summed E-state index contributed by atoms with van der Waals surface area (Å²) in [6.07, 6.45) is 0. The largest absolute Gasteiger partial charge is 0.478 e. The molecule has 0 saturated carbocycles. The Bertz CT molecular complexity index is 419. The Morgan fingerprint density at radius 2 is 2.19 bits per heavy atom. The molecule has 5 nitrogen and oxygen atoms in total. The van der Waals surface area contributed by atoms with Crippen LogP contribution in [0.3, 0.4) is 0 Å². The van der Waals surface area contributed by atoms with Crippen molar-refractivity contribution in [2.24, 2.45) is 0 Å². The highest BCUT2D eigenvalue weighted by Gasteiger charge is 2.12. The quantitative estimate of drug-likeness (QED) is 0.468. The molecule has 0 fully saturated rings. The lowest BCUT2D eigenvalue weighted by Crippen LogP contribution is -2.05. The summed E-state index contributed by atoms with van der Waals surface area (Å²) < 4.78 is 4.46. The van der Waals surface area contributed by atoms with E-state index in [0.29, 0.717) is 10.6 Å². The highest BCUT2D eigenvalue weighted by atomic mass is 32.2. The monoisotopic (exact) mass is 241 g/mol. The molecular formula is C10H11NO4S. The molecular weight excluding hydrogens is 230 g/mol. The van der Waals surface area contributed by atoms with Gasteiger partial charge in [-0.3, -0.25) is 4.79 Å². The molecule has 0 heterocycles. The van der Waals surface area contributed by atoms with Crippen LogP contribution >= 0.6 is 11.8 Å². The van der Waals surface area contributed by atoms with Crippen LogP contribution in [0, 0.1) is 0 Å². The fourth-order valence-corrected chi connectivity index (χ4v) is 1.95. The van der Waals surface area contributed by atoms with Gasteiger partial charge in [0, 0.05) is 10.6 Å². The summed E-state index contributed by atoms with van der Waals surface area (Å²) in [5.74, 6) is -1.41. The first-order valence-corrected chi connectivity index (χ1v) is 5.35. The number of nitrogen functional groups attached to an aromatic ring is 1. The van der Waals surface area contributed by atoms with Gasteiger partial charge in [-0.15, -0.1) is 11.8 Å². The molecule has 3 N–H and O–H groups in total. The third kappa shape index (κ3) is 3.16. The van der Waals surface area contributed by atoms with Gasteiger partial charge in [-0.2, -0.15) is 0 Å². The molecule has 86 valence electrons. The van der Waals surface area contributed by atoms with E-state index in [1.807, 2.05) is 0 Å². The lowest BCUT2D eigenvalue weighted by atomic mass is 10.2. The third-order valence-electron chi connectivity index (χ3n) is 1.81. The highest BCUT2D eigenvalue weighted by molar-refractivity contribution is 8.00. The zero-order valence-corrected chi connectivity index (χ0v) is 9.41. The molecule has 0 aliphatic carbocycles. The first-order valence-electron chi connectivity index (χ1n) is 4.37. The first-order chi connectivity index (χ1) is 7.54. The van der Waals surface area contributed by atoms with E-state index in [1.165, 1.54) is 25.3 Å². The lowest BCUT2D eigenvalue weighted by molar-refractivity contribution is -0.137. The van der Waals surface area contributed by atoms with Crippen molar-refractivity contribution in [1.82, 2.24) is 0 Å². The third-order valence-corrected chi connectivity index (χ3v) is 2.84. The van der Waals surface area contributed by atoms with Crippen molar-refractivity contribution in [3.63, 3.8) is 0 Å². The number of anilines is 1. The van der Waals surface area contributed by atoms with E-state index in [1.54, 1.807) is 0 Å². The first kappa shape index (κ1) is 12.4. The second-order valence-corrected chi connectivity index (χ2v) is 3.94. The lowest BCUT2D eigenvalue weighted by Gasteiger charge is -2.05. The number of carbonyl (C=O) groups is 2. The predicted molar refractivity (Wildman–Crippen MR) is 60.6 cm³/mol. The number of nitrogens with two attached hydrogens (primary N) is 1. The molecule has 0 spiro atoms. The molecule has 0 aliphatic heterocycles. The van der Waals surface area contributed by atoms with Crippen LogP contribution in [-0.2, 0) is 9.53 Å². The normalized spacial score (nSPS) is 9.81. The molecule has 1 rings (SSSR count). The molecule has 0 amide bonds. The van der Waals surface area contributed by atoms with Crippen molar-refractivity contribution >= 4 is 29.4 Å². The minimum absolute atomic E-state index is 0.0558. The van der Waals surface area contributed by atoms with E-state index in [0.717, 1.165) is 11.8 Å². The Hall–Kier alpha value is -1.69. The zero-order chi connectivity index (χ0) is 12.1. The van der Waals surface area contributed by atoms with Crippen LogP contribution in [0.2, 0.25) is 0 Å². The summed E-state index contributed by atoms with van der Waals surface area (Å²) in [4.78, 5) is 22.3. The van der Waals surface area contributed by atoms with Gasteiger partial charge in [0.15, 0.2) is 0 Å². The smallest absolute Gasteiger partial charge is 0.336 e. The van der Waals surface area contributed by atoms with Crippen molar-refractivity contribution in [2.75, 3.05) is 18.6 Å². The summed E-state index contributed by atoms with van der Waals surface area (Å²) in [7, 11) is 1.28. The summed E-state index contributed by atoms with van der Waals surface area (Å²) in [5, 5.41) is 8.91. The van der Waals surface area contributed by atoms with Crippen molar-refractivity contribution in [1.29, 1.82) is 0 Å². The Labute approximate surface area is 96.6 Å². The average molecular weight is 241 g/mol. The van der Waals surface area contributed by atoms with Gasteiger partial charge >= 0.3 is 11.9 Å². The number of benzene rings is 1. The maximum Gasteiger partial charge on any atom is 0.336 e. The number of esters is 1. The Morgan fingerprint density at radius 3 is 2.75 bits per heavy atom. The number of carboxylic acids is 1. The number of hydrogen-bond donors (Lipinski definition) is 2. The zero-order valence-electron chi connectivity index (χ0n) is 8.60. The van der Waals surface area contributed by atoms with Crippen LogP contribution < -0.4 is 5.73 Å². The predicted octanol–water partition coefficient (Wildman–Crippen LogP) is 1.23. The summed E-state index contributed by atoms with van der Waals surface area (Å²) in [6.45, 7) is 0. The van der Waals surface area contributed by atoms with Crippen LogP contribution in [0.1, 0.15) is 10.4 Å². The van der Waals surface area contributed by atoms with E-state index in [2.05, 4.69) is 4.74 Å². The molecule has 0 radical (unpaired) electrons. The number of methoxy groups -OCH3 is 1. The molecule has 0 unspecified atom stereocenters. The van der Waals surface area contributed by atoms with Gasteiger partial charge in [0.25, 0.3) is 0 Å². The fraction of sp³-hybridized carbons (Fsp3) is 0.200. The minimum Gasteiger partial charge on any atom is -0.478 e. The van der Waals surface area contributed by atoms with E-state index in [4.69, 9.17) is 10.8 Å². The summed E-state index contributed by atoms with van der Waals surface area (Å²) >= 11 is 1.09. The van der Waals surface area contributed by atoms with E-state index >= 15 is 0 Å². The summed E-state index contributed by atoms with van der Waals surface area (Å²) in [6, 6.07) is 4.44. The fourth-order valence-electron chi connectivity index (χ4n) is 1.03. The van der Waals surface area contributed by atoms with E-state index < -0.39 is 11.9 Å². The molecule has 0 bridgehead atoms. The number of carboxylic acid groups (broad SMARTS) is 1. The number of ether oxygens (including phenoxy) is 1. The number of rotatable bonds is 4. The van der Waals surface area contributed by atoms with Crippen LogP contribution in [0.4, 0.5) is 5.69 Å². The second kappa shape index (κ2) is 5.41. The SMILES string of the molecule is COC(=O)CSc1cc(N)ccc1C(=O)O. The van der Waals surface area contributed by atoms with Crippen molar-refractivity contribution in [3.8, 4) is 0 Å². The minimum atomic E-state index is -1.05. The van der Waals surface area contributed by atoms with Gasteiger partial charge in [-0.25, -0.2) is 4.79 Å². The van der Waals surface area contributed by atoms with Crippen LogP contribution in [-0.4, -0.2) is 29.9 Å². The van der Waals surface area contributed by atoms with E-state index in [-0.39, 0.29) is 11.3 Å². The standard InChI is InChI=1S/C10H11NO4S/c1-15-9(12)5-16-8-4-6(11)2-3-7(8)10(13)14/h2-4H,5,11H2,1H3,(H,13,14). The van der Waals surface area contributed by atoms with Crippen LogP contribution in [0.25, 0.3) is 0 Å². The van der Waals surface area contributed by atoms with Gasteiger partial charge in [-0.05, 0) is 18.2 Å². The number of hydrogen-bond acceptors (Lipinski definition) is 5. The van der Waals surface area contributed by atoms with Gasteiger partial charge < -0.3 is 15.6 Å².